The van der Waals surface area contributed by atoms with E-state index in [1.807, 2.05) is 18.2 Å². The highest BCUT2D eigenvalue weighted by Gasteiger charge is 2.11. The predicted molar refractivity (Wildman–Crippen MR) is 77.5 cm³/mol. The number of carbonyl (C=O) groups excluding carboxylic acids is 1. The molecule has 0 spiro atoms. The van der Waals surface area contributed by atoms with Gasteiger partial charge in [0.15, 0.2) is 5.01 Å². The Bertz CT molecular complexity index is 572. The summed E-state index contributed by atoms with van der Waals surface area (Å²) in [4.78, 5) is 11.5. The molecule has 1 heterocycles. The van der Waals surface area contributed by atoms with Crippen molar-refractivity contribution >= 4 is 34.0 Å². The van der Waals surface area contributed by atoms with Crippen molar-refractivity contribution in [3.63, 3.8) is 0 Å². The lowest BCUT2D eigenvalue weighted by atomic mass is 10.2. The lowest BCUT2D eigenvalue weighted by Crippen LogP contribution is -2.18. The van der Waals surface area contributed by atoms with Gasteiger partial charge < -0.3 is 10.6 Å². The van der Waals surface area contributed by atoms with Crippen molar-refractivity contribution in [2.45, 2.75) is 6.42 Å². The third-order valence-electron chi connectivity index (χ3n) is 2.38. The van der Waals surface area contributed by atoms with Crippen LogP contribution in [0.5, 0.6) is 0 Å². The first-order valence-electron chi connectivity index (χ1n) is 5.73. The first kappa shape index (κ1) is 13.9. The molecule has 0 unspecified atom stereocenters. The van der Waals surface area contributed by atoms with E-state index >= 15 is 0 Å². The van der Waals surface area contributed by atoms with E-state index in [4.69, 9.17) is 11.6 Å². The number of nitrogens with one attached hydrogen (secondary N) is 2. The average molecular weight is 297 g/mol. The summed E-state index contributed by atoms with van der Waals surface area (Å²) < 4.78 is 0. The van der Waals surface area contributed by atoms with E-state index < -0.39 is 0 Å². The predicted octanol–water partition coefficient (Wildman–Crippen LogP) is 2.41. The first-order chi connectivity index (χ1) is 9.20. The van der Waals surface area contributed by atoms with Crippen LogP contribution >= 0.6 is 22.9 Å². The lowest BCUT2D eigenvalue weighted by Gasteiger charge is -1.99. The van der Waals surface area contributed by atoms with Gasteiger partial charge in [-0.1, -0.05) is 41.1 Å². The van der Waals surface area contributed by atoms with Gasteiger partial charge in [0, 0.05) is 18.5 Å². The third kappa shape index (κ3) is 3.73. The van der Waals surface area contributed by atoms with Crippen LogP contribution < -0.4 is 10.6 Å². The molecule has 0 aliphatic rings. The molecule has 5 nitrogen and oxygen atoms in total. The first-order valence-corrected chi connectivity index (χ1v) is 6.93. The van der Waals surface area contributed by atoms with Crippen LogP contribution in [0.1, 0.15) is 6.42 Å². The standard InChI is InChI=1S/C12H13ClN4OS/c1-14-7-6-10(18)15-12-17-16-11(19-12)8-4-2-3-5-9(8)13/h2-5,14H,6-7H2,1H3,(H,15,17,18). The van der Waals surface area contributed by atoms with Crippen molar-refractivity contribution in [1.82, 2.24) is 15.5 Å². The number of hydrogen-bond donors (Lipinski definition) is 2. The van der Waals surface area contributed by atoms with Crippen molar-refractivity contribution in [3.8, 4) is 10.6 Å². The quantitative estimate of drug-likeness (QED) is 0.889. The van der Waals surface area contributed by atoms with Crippen LogP contribution in [0, 0.1) is 0 Å². The SMILES string of the molecule is CNCCC(=O)Nc1nnc(-c2ccccc2Cl)s1. The maximum atomic E-state index is 11.5. The normalized spacial score (nSPS) is 10.4. The summed E-state index contributed by atoms with van der Waals surface area (Å²) in [6.07, 6.45) is 0.400. The van der Waals surface area contributed by atoms with E-state index in [-0.39, 0.29) is 5.91 Å². The maximum Gasteiger partial charge on any atom is 0.227 e. The zero-order valence-electron chi connectivity index (χ0n) is 10.3. The molecule has 0 aliphatic carbocycles. The average Bonchev–Trinajstić information content (AvgIpc) is 2.85. The Hall–Kier alpha value is -1.50. The highest BCUT2D eigenvalue weighted by molar-refractivity contribution is 7.18. The number of benzene rings is 1. The highest BCUT2D eigenvalue weighted by atomic mass is 35.5. The largest absolute Gasteiger partial charge is 0.319 e. The Labute approximate surface area is 120 Å². The van der Waals surface area contributed by atoms with Gasteiger partial charge in [-0.2, -0.15) is 0 Å². The van der Waals surface area contributed by atoms with Crippen LogP contribution in [0.2, 0.25) is 5.02 Å². The van der Waals surface area contributed by atoms with Crippen LogP contribution in [0.25, 0.3) is 10.6 Å². The van der Waals surface area contributed by atoms with E-state index in [9.17, 15) is 4.79 Å². The molecular formula is C12H13ClN4OS. The number of amides is 1. The molecule has 0 radical (unpaired) electrons. The second-order valence-corrected chi connectivity index (χ2v) is 5.18. The molecule has 100 valence electrons. The number of nitrogens with zero attached hydrogens (tertiary/aromatic N) is 2. The summed E-state index contributed by atoms with van der Waals surface area (Å²) in [5, 5.41) is 15.4. The van der Waals surface area contributed by atoms with Crippen molar-refractivity contribution < 1.29 is 4.79 Å². The number of aromatic nitrogens is 2. The molecule has 0 aliphatic heterocycles. The van der Waals surface area contributed by atoms with Crippen LogP contribution in [-0.2, 0) is 4.79 Å². The molecule has 2 N–H and O–H groups in total. The van der Waals surface area contributed by atoms with E-state index in [1.165, 1.54) is 11.3 Å². The number of hydrogen-bond acceptors (Lipinski definition) is 5. The minimum atomic E-state index is -0.0868. The van der Waals surface area contributed by atoms with Gasteiger partial charge >= 0.3 is 0 Å². The van der Waals surface area contributed by atoms with Gasteiger partial charge in [-0.3, -0.25) is 4.79 Å². The van der Waals surface area contributed by atoms with Gasteiger partial charge in [-0.25, -0.2) is 0 Å². The minimum Gasteiger partial charge on any atom is -0.319 e. The Kier molecular flexibility index (Phi) is 4.84. The molecule has 1 aromatic heterocycles. The van der Waals surface area contributed by atoms with Gasteiger partial charge in [0.25, 0.3) is 0 Å². The van der Waals surface area contributed by atoms with Crippen LogP contribution in [0.3, 0.4) is 0 Å². The zero-order chi connectivity index (χ0) is 13.7. The summed E-state index contributed by atoms with van der Waals surface area (Å²) in [5.74, 6) is -0.0868. The van der Waals surface area contributed by atoms with Crippen molar-refractivity contribution in [2.24, 2.45) is 0 Å². The van der Waals surface area contributed by atoms with Crippen molar-refractivity contribution in [1.29, 1.82) is 0 Å². The molecule has 0 atom stereocenters. The molecule has 1 amide bonds. The van der Waals surface area contributed by atoms with Crippen LogP contribution in [0.15, 0.2) is 24.3 Å². The van der Waals surface area contributed by atoms with Crippen LogP contribution in [-0.4, -0.2) is 29.7 Å². The molecule has 0 saturated carbocycles. The molecular weight excluding hydrogens is 284 g/mol. The Balaban J connectivity index is 2.07. The third-order valence-corrected chi connectivity index (χ3v) is 3.58. The van der Waals surface area contributed by atoms with E-state index in [1.54, 1.807) is 13.1 Å². The molecule has 0 saturated heterocycles. The fourth-order valence-electron chi connectivity index (χ4n) is 1.44. The van der Waals surface area contributed by atoms with E-state index in [0.29, 0.717) is 28.1 Å². The van der Waals surface area contributed by atoms with Gasteiger partial charge in [-0.05, 0) is 13.1 Å². The summed E-state index contributed by atoms with van der Waals surface area (Å²) in [5.41, 5.74) is 0.817. The molecule has 0 bridgehead atoms. The highest BCUT2D eigenvalue weighted by Crippen LogP contribution is 2.31. The fourth-order valence-corrected chi connectivity index (χ4v) is 2.52. The second kappa shape index (κ2) is 6.60. The van der Waals surface area contributed by atoms with Gasteiger partial charge in [0.1, 0.15) is 0 Å². The number of carbonyl (C=O) groups is 1. The Morgan fingerprint density at radius 2 is 2.16 bits per heavy atom. The molecule has 2 rings (SSSR count). The molecule has 7 heteroatoms. The smallest absolute Gasteiger partial charge is 0.227 e. The monoisotopic (exact) mass is 296 g/mol. The van der Waals surface area contributed by atoms with Crippen molar-refractivity contribution in [3.05, 3.63) is 29.3 Å². The number of halogens is 1. The lowest BCUT2D eigenvalue weighted by molar-refractivity contribution is -0.116. The Morgan fingerprint density at radius 1 is 1.37 bits per heavy atom. The summed E-state index contributed by atoms with van der Waals surface area (Å²) in [6.45, 7) is 0.627. The number of anilines is 1. The number of rotatable bonds is 5. The molecule has 1 aromatic carbocycles. The van der Waals surface area contributed by atoms with Crippen LogP contribution in [0.4, 0.5) is 5.13 Å². The summed E-state index contributed by atoms with van der Waals surface area (Å²) in [7, 11) is 1.80. The van der Waals surface area contributed by atoms with Gasteiger partial charge in [0.2, 0.25) is 11.0 Å². The summed E-state index contributed by atoms with van der Waals surface area (Å²) >= 11 is 7.39. The second-order valence-electron chi connectivity index (χ2n) is 3.79. The minimum absolute atomic E-state index is 0.0868. The molecule has 2 aromatic rings. The molecule has 0 fully saturated rings. The van der Waals surface area contributed by atoms with E-state index in [2.05, 4.69) is 20.8 Å². The Morgan fingerprint density at radius 3 is 2.89 bits per heavy atom. The summed E-state index contributed by atoms with van der Waals surface area (Å²) in [6, 6.07) is 7.40. The van der Waals surface area contributed by atoms with Gasteiger partial charge in [0.05, 0.1) is 5.02 Å². The molecule has 19 heavy (non-hydrogen) atoms. The fraction of sp³-hybridized carbons (Fsp3) is 0.250. The van der Waals surface area contributed by atoms with Crippen molar-refractivity contribution in [2.75, 3.05) is 18.9 Å². The maximum absolute atomic E-state index is 11.5. The van der Waals surface area contributed by atoms with Gasteiger partial charge in [-0.15, -0.1) is 10.2 Å². The van der Waals surface area contributed by atoms with E-state index in [0.717, 1.165) is 5.56 Å². The zero-order valence-corrected chi connectivity index (χ0v) is 11.9. The topological polar surface area (TPSA) is 66.9 Å².